The number of aromatic nitrogens is 1. The third kappa shape index (κ3) is 5.50. The fourth-order valence-corrected chi connectivity index (χ4v) is 5.58. The lowest BCUT2D eigenvalue weighted by Crippen LogP contribution is -2.40. The lowest BCUT2D eigenvalue weighted by molar-refractivity contribution is -0.121. The summed E-state index contributed by atoms with van der Waals surface area (Å²) in [5, 5.41) is 4.60. The Bertz CT molecular complexity index is 852. The lowest BCUT2D eigenvalue weighted by atomic mass is 9.92. The zero-order chi connectivity index (χ0) is 21.6. The molecule has 3 heterocycles. The number of hydrogen-bond donors (Lipinski definition) is 1. The average molecular weight is 425 g/mol. The van der Waals surface area contributed by atoms with Crippen molar-refractivity contribution in [1.29, 1.82) is 0 Å². The molecule has 1 aromatic heterocycles. The molecule has 1 aromatic carbocycles. The van der Waals surface area contributed by atoms with Crippen LogP contribution in [0.4, 0.5) is 0 Å². The Morgan fingerprint density at radius 1 is 1.06 bits per heavy atom. The fraction of sp³-hybridized carbons (Fsp3) is 0.654. The number of rotatable bonds is 9. The monoisotopic (exact) mass is 424 g/mol. The third-order valence-electron chi connectivity index (χ3n) is 7.53. The molecule has 2 aliphatic rings. The SMILES string of the molecule is CCN1CCC[C@H]1CNC(=O)CCC1CCN(Cc2cn(CC)c3ccccc23)CC1. The Balaban J connectivity index is 1.19. The Morgan fingerprint density at radius 2 is 1.87 bits per heavy atom. The first-order chi connectivity index (χ1) is 15.2. The van der Waals surface area contributed by atoms with Crippen LogP contribution in [0.5, 0.6) is 0 Å². The number of amides is 1. The second-order valence-electron chi connectivity index (χ2n) is 9.44. The van der Waals surface area contributed by atoms with E-state index in [0.717, 1.165) is 45.7 Å². The number of para-hydroxylation sites is 1. The smallest absolute Gasteiger partial charge is 0.220 e. The first-order valence-electron chi connectivity index (χ1n) is 12.5. The van der Waals surface area contributed by atoms with Gasteiger partial charge in [-0.05, 0) is 82.8 Å². The summed E-state index contributed by atoms with van der Waals surface area (Å²) in [7, 11) is 0. The minimum absolute atomic E-state index is 0.248. The summed E-state index contributed by atoms with van der Waals surface area (Å²) in [4.78, 5) is 17.4. The molecule has 1 atom stereocenters. The molecule has 170 valence electrons. The average Bonchev–Trinajstić information content (AvgIpc) is 3.41. The topological polar surface area (TPSA) is 40.5 Å². The lowest BCUT2D eigenvalue weighted by Gasteiger charge is -2.31. The number of nitrogens with zero attached hydrogens (tertiary/aromatic N) is 3. The molecular formula is C26H40N4O. The number of likely N-dealkylation sites (N-methyl/N-ethyl adjacent to an activating group) is 1. The minimum Gasteiger partial charge on any atom is -0.355 e. The summed E-state index contributed by atoms with van der Waals surface area (Å²) in [6.07, 6.45) is 8.99. The molecule has 5 nitrogen and oxygen atoms in total. The summed E-state index contributed by atoms with van der Waals surface area (Å²) in [5.74, 6) is 0.940. The van der Waals surface area contributed by atoms with Gasteiger partial charge in [0.25, 0.3) is 0 Å². The number of hydrogen-bond acceptors (Lipinski definition) is 3. The van der Waals surface area contributed by atoms with Gasteiger partial charge in [0.05, 0.1) is 0 Å². The number of nitrogens with one attached hydrogen (secondary N) is 1. The molecule has 2 fully saturated rings. The van der Waals surface area contributed by atoms with Crippen LogP contribution in [0.3, 0.4) is 0 Å². The van der Waals surface area contributed by atoms with E-state index in [1.54, 1.807) is 0 Å². The van der Waals surface area contributed by atoms with Crippen molar-refractivity contribution < 1.29 is 4.79 Å². The van der Waals surface area contributed by atoms with Crippen molar-refractivity contribution in [2.75, 3.05) is 32.7 Å². The second kappa shape index (κ2) is 10.6. The highest BCUT2D eigenvalue weighted by molar-refractivity contribution is 5.83. The van der Waals surface area contributed by atoms with E-state index in [9.17, 15) is 4.79 Å². The Morgan fingerprint density at radius 3 is 2.65 bits per heavy atom. The molecule has 2 aliphatic heterocycles. The minimum atomic E-state index is 0.248. The van der Waals surface area contributed by atoms with E-state index < -0.39 is 0 Å². The van der Waals surface area contributed by atoms with Gasteiger partial charge in [0.1, 0.15) is 0 Å². The van der Waals surface area contributed by atoms with E-state index in [1.807, 2.05) is 0 Å². The van der Waals surface area contributed by atoms with Gasteiger partial charge in [-0.1, -0.05) is 25.1 Å². The Labute approximate surface area is 187 Å². The first-order valence-corrected chi connectivity index (χ1v) is 12.5. The molecule has 1 amide bonds. The molecule has 4 rings (SSSR count). The number of piperidine rings is 1. The molecule has 2 aromatic rings. The van der Waals surface area contributed by atoms with Crippen LogP contribution in [0.15, 0.2) is 30.5 Å². The first kappa shape index (κ1) is 22.3. The van der Waals surface area contributed by atoms with E-state index in [2.05, 4.69) is 64.0 Å². The molecule has 0 saturated carbocycles. The summed E-state index contributed by atoms with van der Waals surface area (Å²) in [5.41, 5.74) is 2.80. The van der Waals surface area contributed by atoms with Crippen LogP contribution >= 0.6 is 0 Å². The van der Waals surface area contributed by atoms with Crippen LogP contribution < -0.4 is 5.32 Å². The van der Waals surface area contributed by atoms with Gasteiger partial charge in [-0.3, -0.25) is 14.6 Å². The standard InChI is InChI=1S/C26H40N4O/c1-3-29-15-7-8-23(29)18-27-26(31)12-11-21-13-16-28(17-14-21)19-22-20-30(4-2)25-10-6-5-9-24(22)25/h5-6,9-10,20-21,23H,3-4,7-8,11-19H2,1-2H3,(H,27,31)/t23-/m0/s1. The maximum absolute atomic E-state index is 12.4. The zero-order valence-electron chi connectivity index (χ0n) is 19.5. The van der Waals surface area contributed by atoms with E-state index in [4.69, 9.17) is 0 Å². The van der Waals surface area contributed by atoms with Crippen molar-refractivity contribution in [2.24, 2.45) is 5.92 Å². The second-order valence-corrected chi connectivity index (χ2v) is 9.44. The molecule has 0 bridgehead atoms. The van der Waals surface area contributed by atoms with Gasteiger partial charge in [0, 0.05) is 49.2 Å². The van der Waals surface area contributed by atoms with Crippen LogP contribution in [0, 0.1) is 5.92 Å². The van der Waals surface area contributed by atoms with Crippen LogP contribution in [0.2, 0.25) is 0 Å². The highest BCUT2D eigenvalue weighted by atomic mass is 16.1. The zero-order valence-corrected chi connectivity index (χ0v) is 19.5. The van der Waals surface area contributed by atoms with Crippen molar-refractivity contribution in [3.05, 3.63) is 36.0 Å². The van der Waals surface area contributed by atoms with Crippen LogP contribution in [-0.4, -0.2) is 59.0 Å². The van der Waals surface area contributed by atoms with E-state index in [1.165, 1.54) is 48.7 Å². The van der Waals surface area contributed by atoms with Crippen molar-refractivity contribution in [3.8, 4) is 0 Å². The summed E-state index contributed by atoms with van der Waals surface area (Å²) < 4.78 is 2.36. The maximum Gasteiger partial charge on any atom is 0.220 e. The largest absolute Gasteiger partial charge is 0.355 e. The van der Waals surface area contributed by atoms with Crippen LogP contribution in [-0.2, 0) is 17.9 Å². The van der Waals surface area contributed by atoms with E-state index >= 15 is 0 Å². The van der Waals surface area contributed by atoms with Gasteiger partial charge < -0.3 is 9.88 Å². The van der Waals surface area contributed by atoms with Crippen LogP contribution in [0.1, 0.15) is 57.9 Å². The summed E-state index contributed by atoms with van der Waals surface area (Å²) >= 11 is 0. The Hall–Kier alpha value is -1.85. The molecule has 0 spiro atoms. The van der Waals surface area contributed by atoms with Crippen molar-refractivity contribution in [3.63, 3.8) is 0 Å². The molecule has 2 saturated heterocycles. The van der Waals surface area contributed by atoms with Gasteiger partial charge in [-0.2, -0.15) is 0 Å². The van der Waals surface area contributed by atoms with Gasteiger partial charge in [0.15, 0.2) is 0 Å². The summed E-state index contributed by atoms with van der Waals surface area (Å²) in [6, 6.07) is 9.32. The van der Waals surface area contributed by atoms with Crippen LogP contribution in [0.25, 0.3) is 10.9 Å². The molecule has 1 N–H and O–H groups in total. The molecule has 0 aliphatic carbocycles. The number of carbonyl (C=O) groups is 1. The predicted octanol–water partition coefficient (Wildman–Crippen LogP) is 4.25. The van der Waals surface area contributed by atoms with Crippen molar-refractivity contribution in [1.82, 2.24) is 19.7 Å². The predicted molar refractivity (Wildman–Crippen MR) is 128 cm³/mol. The van der Waals surface area contributed by atoms with Crippen molar-refractivity contribution in [2.45, 2.75) is 71.5 Å². The highest BCUT2D eigenvalue weighted by Crippen LogP contribution is 2.27. The quantitative estimate of drug-likeness (QED) is 0.654. The van der Waals surface area contributed by atoms with Gasteiger partial charge >= 0.3 is 0 Å². The number of benzene rings is 1. The number of fused-ring (bicyclic) bond motifs is 1. The summed E-state index contributed by atoms with van der Waals surface area (Å²) in [6.45, 7) is 11.9. The highest BCUT2D eigenvalue weighted by Gasteiger charge is 2.24. The number of carbonyl (C=O) groups excluding carboxylic acids is 1. The molecular weight excluding hydrogens is 384 g/mol. The number of likely N-dealkylation sites (tertiary alicyclic amines) is 2. The molecule has 5 heteroatoms. The number of aryl methyl sites for hydroxylation is 1. The van der Waals surface area contributed by atoms with E-state index in [-0.39, 0.29) is 5.91 Å². The van der Waals surface area contributed by atoms with Gasteiger partial charge in [-0.25, -0.2) is 0 Å². The maximum atomic E-state index is 12.4. The van der Waals surface area contributed by atoms with Gasteiger partial charge in [-0.15, -0.1) is 0 Å². The van der Waals surface area contributed by atoms with Gasteiger partial charge in [0.2, 0.25) is 5.91 Å². The van der Waals surface area contributed by atoms with E-state index in [0.29, 0.717) is 18.4 Å². The molecule has 0 unspecified atom stereocenters. The van der Waals surface area contributed by atoms with Crippen molar-refractivity contribution >= 4 is 16.8 Å². The fourth-order valence-electron chi connectivity index (χ4n) is 5.58. The Kier molecular flexibility index (Phi) is 7.67. The third-order valence-corrected chi connectivity index (χ3v) is 7.53. The molecule has 0 radical (unpaired) electrons. The molecule has 31 heavy (non-hydrogen) atoms. The normalized spacial score (nSPS) is 21.2.